The van der Waals surface area contributed by atoms with Crippen molar-refractivity contribution in [3.8, 4) is 0 Å². The first-order valence-corrected chi connectivity index (χ1v) is 8.75. The molecule has 0 spiro atoms. The van der Waals surface area contributed by atoms with Gasteiger partial charge in [0.2, 0.25) is 10.0 Å². The maximum atomic E-state index is 12.5. The highest BCUT2D eigenvalue weighted by Gasteiger charge is 2.23. The van der Waals surface area contributed by atoms with E-state index in [0.29, 0.717) is 5.02 Å². The van der Waals surface area contributed by atoms with Gasteiger partial charge in [-0.25, -0.2) is 8.42 Å². The molecule has 24 heavy (non-hydrogen) atoms. The number of likely N-dealkylation sites (N-methyl/N-ethyl adjacent to an activating group) is 1. The standard InChI is InChI=1S/C15H16ClN3O4S/c1-18(10-15(17)11-2-4-12(16)5-3-11)24(22,23)14-8-6-13(7-9-14)19(20)21/h2-9,15H,10,17H2,1H3. The Hall–Kier alpha value is -2.00. The molecule has 1 unspecified atom stereocenters. The third-order valence-electron chi connectivity index (χ3n) is 3.51. The summed E-state index contributed by atoms with van der Waals surface area (Å²) in [7, 11) is -2.38. The molecule has 0 fully saturated rings. The molecule has 0 aliphatic rings. The highest BCUT2D eigenvalue weighted by atomic mass is 35.5. The van der Waals surface area contributed by atoms with E-state index < -0.39 is 21.0 Å². The average molecular weight is 370 g/mol. The average Bonchev–Trinajstić information content (AvgIpc) is 2.55. The maximum absolute atomic E-state index is 12.5. The second-order valence-corrected chi connectivity index (χ2v) is 7.68. The summed E-state index contributed by atoms with van der Waals surface area (Å²) >= 11 is 5.81. The number of sulfonamides is 1. The van der Waals surface area contributed by atoms with Crippen molar-refractivity contribution in [1.82, 2.24) is 4.31 Å². The molecule has 7 nitrogen and oxygen atoms in total. The minimum Gasteiger partial charge on any atom is -0.323 e. The summed E-state index contributed by atoms with van der Waals surface area (Å²) in [6, 6.07) is 11.0. The number of nitro benzene ring substituents is 1. The van der Waals surface area contributed by atoms with Crippen LogP contribution in [0.5, 0.6) is 0 Å². The zero-order chi connectivity index (χ0) is 17.9. The van der Waals surface area contributed by atoms with E-state index in [-0.39, 0.29) is 17.1 Å². The molecule has 0 saturated carbocycles. The van der Waals surface area contributed by atoms with Gasteiger partial charge in [-0.3, -0.25) is 10.1 Å². The normalized spacial score (nSPS) is 13.0. The van der Waals surface area contributed by atoms with Gasteiger partial charge in [0.15, 0.2) is 0 Å². The van der Waals surface area contributed by atoms with E-state index >= 15 is 0 Å². The first kappa shape index (κ1) is 18.3. The maximum Gasteiger partial charge on any atom is 0.269 e. The van der Waals surface area contributed by atoms with Crippen molar-refractivity contribution in [2.75, 3.05) is 13.6 Å². The molecule has 0 aromatic heterocycles. The summed E-state index contributed by atoms with van der Waals surface area (Å²) in [5.74, 6) is 0. The molecule has 2 N–H and O–H groups in total. The first-order chi connectivity index (χ1) is 11.2. The molecule has 0 amide bonds. The largest absolute Gasteiger partial charge is 0.323 e. The zero-order valence-electron chi connectivity index (χ0n) is 12.8. The van der Waals surface area contributed by atoms with E-state index in [0.717, 1.165) is 22.0 Å². The quantitative estimate of drug-likeness (QED) is 0.622. The number of hydrogen-bond acceptors (Lipinski definition) is 5. The smallest absolute Gasteiger partial charge is 0.269 e. The number of hydrogen-bond donors (Lipinski definition) is 1. The number of nitrogens with zero attached hydrogens (tertiary/aromatic N) is 2. The van der Waals surface area contributed by atoms with Crippen LogP contribution in [-0.4, -0.2) is 31.2 Å². The molecule has 0 heterocycles. The molecule has 0 aliphatic carbocycles. The van der Waals surface area contributed by atoms with Crippen molar-refractivity contribution in [3.05, 3.63) is 69.2 Å². The molecule has 9 heteroatoms. The van der Waals surface area contributed by atoms with Crippen LogP contribution in [0.4, 0.5) is 5.69 Å². The molecule has 0 saturated heterocycles. The summed E-state index contributed by atoms with van der Waals surface area (Å²) in [6.45, 7) is 0.0565. The molecule has 0 radical (unpaired) electrons. The molecule has 2 rings (SSSR count). The lowest BCUT2D eigenvalue weighted by Crippen LogP contribution is -2.34. The monoisotopic (exact) mass is 369 g/mol. The van der Waals surface area contributed by atoms with Crippen LogP contribution >= 0.6 is 11.6 Å². The van der Waals surface area contributed by atoms with Gasteiger partial charge in [-0.1, -0.05) is 23.7 Å². The summed E-state index contributed by atoms with van der Waals surface area (Å²) < 4.78 is 26.1. The van der Waals surface area contributed by atoms with Gasteiger partial charge in [-0.05, 0) is 29.8 Å². The molecular formula is C15H16ClN3O4S. The SMILES string of the molecule is CN(CC(N)c1ccc(Cl)cc1)S(=O)(=O)c1ccc([N+](=O)[O-])cc1. The number of non-ortho nitro benzene ring substituents is 1. The number of benzene rings is 2. The summed E-state index contributed by atoms with van der Waals surface area (Å²) in [6.07, 6.45) is 0. The second kappa shape index (κ2) is 7.27. The van der Waals surface area contributed by atoms with Gasteiger partial charge in [0, 0.05) is 36.8 Å². The lowest BCUT2D eigenvalue weighted by atomic mass is 10.1. The van der Waals surface area contributed by atoms with Gasteiger partial charge in [0.25, 0.3) is 5.69 Å². The van der Waals surface area contributed by atoms with Gasteiger partial charge >= 0.3 is 0 Å². The van der Waals surface area contributed by atoms with Crippen LogP contribution in [0.1, 0.15) is 11.6 Å². The molecule has 2 aromatic carbocycles. The van der Waals surface area contributed by atoms with Crippen molar-refractivity contribution in [2.45, 2.75) is 10.9 Å². The van der Waals surface area contributed by atoms with Crippen molar-refractivity contribution in [3.63, 3.8) is 0 Å². The topological polar surface area (TPSA) is 107 Å². The Labute approximate surface area is 144 Å². The Balaban J connectivity index is 2.16. The number of rotatable bonds is 6. The highest BCUT2D eigenvalue weighted by molar-refractivity contribution is 7.89. The van der Waals surface area contributed by atoms with Crippen LogP contribution in [0.25, 0.3) is 0 Å². The van der Waals surface area contributed by atoms with Crippen LogP contribution in [0.2, 0.25) is 5.02 Å². The third kappa shape index (κ3) is 4.09. The molecule has 128 valence electrons. The van der Waals surface area contributed by atoms with Gasteiger partial charge in [-0.15, -0.1) is 0 Å². The molecule has 2 aromatic rings. The van der Waals surface area contributed by atoms with E-state index in [2.05, 4.69) is 0 Å². The van der Waals surface area contributed by atoms with E-state index in [1.54, 1.807) is 24.3 Å². The molecule has 0 aliphatic heterocycles. The number of nitrogens with two attached hydrogens (primary N) is 1. The minimum atomic E-state index is -3.79. The second-order valence-electron chi connectivity index (χ2n) is 5.19. The van der Waals surface area contributed by atoms with Crippen molar-refractivity contribution < 1.29 is 13.3 Å². The van der Waals surface area contributed by atoms with E-state index in [9.17, 15) is 18.5 Å². The van der Waals surface area contributed by atoms with Gasteiger partial charge < -0.3 is 5.73 Å². The molecular weight excluding hydrogens is 354 g/mol. The van der Waals surface area contributed by atoms with E-state index in [1.807, 2.05) is 0 Å². The number of halogens is 1. The summed E-state index contributed by atoms with van der Waals surface area (Å²) in [5, 5.41) is 11.2. The Morgan fingerprint density at radius 3 is 2.21 bits per heavy atom. The third-order valence-corrected chi connectivity index (χ3v) is 5.60. The molecule has 0 bridgehead atoms. The van der Waals surface area contributed by atoms with Gasteiger partial charge in [0.1, 0.15) is 0 Å². The minimum absolute atomic E-state index is 0.0288. The highest BCUT2D eigenvalue weighted by Crippen LogP contribution is 2.21. The first-order valence-electron chi connectivity index (χ1n) is 6.93. The van der Waals surface area contributed by atoms with Crippen LogP contribution < -0.4 is 5.73 Å². The van der Waals surface area contributed by atoms with E-state index in [1.165, 1.54) is 19.2 Å². The zero-order valence-corrected chi connectivity index (χ0v) is 14.4. The Morgan fingerprint density at radius 1 is 1.17 bits per heavy atom. The fourth-order valence-electron chi connectivity index (χ4n) is 2.11. The lowest BCUT2D eigenvalue weighted by Gasteiger charge is -2.21. The fraction of sp³-hybridized carbons (Fsp3) is 0.200. The predicted octanol–water partition coefficient (Wildman–Crippen LogP) is 2.57. The lowest BCUT2D eigenvalue weighted by molar-refractivity contribution is -0.384. The van der Waals surface area contributed by atoms with Gasteiger partial charge in [-0.2, -0.15) is 4.31 Å². The fourth-order valence-corrected chi connectivity index (χ4v) is 3.43. The Morgan fingerprint density at radius 2 is 1.71 bits per heavy atom. The summed E-state index contributed by atoms with van der Waals surface area (Å²) in [4.78, 5) is 10.0. The predicted molar refractivity (Wildman–Crippen MR) is 91.3 cm³/mol. The van der Waals surface area contributed by atoms with E-state index in [4.69, 9.17) is 17.3 Å². The molecule has 1 atom stereocenters. The number of nitro groups is 1. The van der Waals surface area contributed by atoms with Crippen LogP contribution in [0.3, 0.4) is 0 Å². The van der Waals surface area contributed by atoms with Crippen LogP contribution in [-0.2, 0) is 10.0 Å². The van der Waals surface area contributed by atoms with Crippen molar-refractivity contribution in [1.29, 1.82) is 0 Å². The van der Waals surface area contributed by atoms with Crippen LogP contribution in [0, 0.1) is 10.1 Å². The Kier molecular flexibility index (Phi) is 5.55. The van der Waals surface area contributed by atoms with Crippen molar-refractivity contribution >= 4 is 27.3 Å². The van der Waals surface area contributed by atoms with Crippen molar-refractivity contribution in [2.24, 2.45) is 5.73 Å². The Bertz CT molecular complexity index is 823. The van der Waals surface area contributed by atoms with Gasteiger partial charge in [0.05, 0.1) is 9.82 Å². The van der Waals surface area contributed by atoms with Crippen LogP contribution in [0.15, 0.2) is 53.4 Å². The summed E-state index contributed by atoms with van der Waals surface area (Å²) in [5.41, 5.74) is 6.63.